The van der Waals surface area contributed by atoms with Gasteiger partial charge in [-0.3, -0.25) is 9.59 Å². The molecule has 0 radical (unpaired) electrons. The molecule has 1 unspecified atom stereocenters. The van der Waals surface area contributed by atoms with Gasteiger partial charge in [0.1, 0.15) is 17.1 Å². The maximum absolute atomic E-state index is 13.9. The first-order valence-electron chi connectivity index (χ1n) is 11.2. The first kappa shape index (κ1) is 23.5. The molecule has 176 valence electrons. The second kappa shape index (κ2) is 11.0. The van der Waals surface area contributed by atoms with Crippen LogP contribution in [0.2, 0.25) is 0 Å². The third kappa shape index (κ3) is 6.23. The molecule has 2 aromatic rings. The van der Waals surface area contributed by atoms with Crippen LogP contribution < -0.4 is 15.4 Å². The smallest absolute Gasteiger partial charge is 0.257 e. The number of aromatic nitrogens is 1. The van der Waals surface area contributed by atoms with Crippen LogP contribution in [0.4, 0.5) is 4.39 Å². The summed E-state index contributed by atoms with van der Waals surface area (Å²) >= 11 is 1.57. The average Bonchev–Trinajstić information content (AvgIpc) is 3.37. The van der Waals surface area contributed by atoms with Crippen LogP contribution in [0, 0.1) is 11.7 Å². The van der Waals surface area contributed by atoms with Gasteiger partial charge in [0.25, 0.3) is 5.91 Å². The molecule has 1 aromatic carbocycles. The summed E-state index contributed by atoms with van der Waals surface area (Å²) in [5.74, 6) is -0.441. The SMILES string of the molecule is CSc1cccc(Oc2ncc(F)cc2C(=O)N[C@H]2CC[C@@H](NC(=O)C3CCOC3)CC2)c1. The Morgan fingerprint density at radius 1 is 1.12 bits per heavy atom. The molecule has 1 aliphatic heterocycles. The molecule has 1 aliphatic carbocycles. The fourth-order valence-corrected chi connectivity index (χ4v) is 4.60. The molecule has 2 amide bonds. The Hall–Kier alpha value is -2.65. The minimum atomic E-state index is -0.604. The molecule has 33 heavy (non-hydrogen) atoms. The largest absolute Gasteiger partial charge is 0.438 e. The van der Waals surface area contributed by atoms with E-state index in [0.29, 0.717) is 19.0 Å². The normalized spacial score (nSPS) is 22.5. The quantitative estimate of drug-likeness (QED) is 0.593. The van der Waals surface area contributed by atoms with Crippen molar-refractivity contribution < 1.29 is 23.5 Å². The molecule has 2 aliphatic rings. The summed E-state index contributed by atoms with van der Waals surface area (Å²) in [7, 11) is 0. The zero-order chi connectivity index (χ0) is 23.2. The molecule has 2 N–H and O–H groups in total. The lowest BCUT2D eigenvalue weighted by Crippen LogP contribution is -2.45. The predicted molar refractivity (Wildman–Crippen MR) is 123 cm³/mol. The van der Waals surface area contributed by atoms with Crippen molar-refractivity contribution in [2.75, 3.05) is 19.5 Å². The minimum Gasteiger partial charge on any atom is -0.438 e. The highest BCUT2D eigenvalue weighted by atomic mass is 32.2. The maximum atomic E-state index is 13.9. The van der Waals surface area contributed by atoms with E-state index >= 15 is 0 Å². The van der Waals surface area contributed by atoms with Crippen molar-refractivity contribution in [3.8, 4) is 11.6 Å². The molecule has 2 fully saturated rings. The molecule has 9 heteroatoms. The Morgan fingerprint density at radius 2 is 1.88 bits per heavy atom. The Balaban J connectivity index is 1.34. The first-order valence-corrected chi connectivity index (χ1v) is 12.4. The van der Waals surface area contributed by atoms with Gasteiger partial charge in [0.05, 0.1) is 18.7 Å². The summed E-state index contributed by atoms with van der Waals surface area (Å²) in [6, 6.07) is 8.59. The van der Waals surface area contributed by atoms with Crippen LogP contribution in [-0.2, 0) is 9.53 Å². The molecule has 1 aromatic heterocycles. The lowest BCUT2D eigenvalue weighted by molar-refractivity contribution is -0.125. The number of carbonyl (C=O) groups is 2. The molecular formula is C24H28FN3O4S. The van der Waals surface area contributed by atoms with Crippen LogP contribution in [0.5, 0.6) is 11.6 Å². The first-order chi connectivity index (χ1) is 16.0. The average molecular weight is 474 g/mol. The predicted octanol–water partition coefficient (Wildman–Crippen LogP) is 3.93. The van der Waals surface area contributed by atoms with Crippen LogP contribution >= 0.6 is 11.8 Å². The number of carbonyl (C=O) groups excluding carboxylic acids is 2. The highest BCUT2D eigenvalue weighted by Crippen LogP contribution is 2.28. The molecule has 1 atom stereocenters. The number of nitrogens with zero attached hydrogens (tertiary/aromatic N) is 1. The van der Waals surface area contributed by atoms with E-state index < -0.39 is 11.7 Å². The van der Waals surface area contributed by atoms with Gasteiger partial charge in [-0.2, -0.15) is 0 Å². The number of benzene rings is 1. The third-order valence-electron chi connectivity index (χ3n) is 6.03. The van der Waals surface area contributed by atoms with Gasteiger partial charge < -0.3 is 20.1 Å². The van der Waals surface area contributed by atoms with E-state index in [9.17, 15) is 14.0 Å². The van der Waals surface area contributed by atoms with Gasteiger partial charge in [-0.25, -0.2) is 9.37 Å². The highest BCUT2D eigenvalue weighted by Gasteiger charge is 2.29. The van der Waals surface area contributed by atoms with Gasteiger partial charge in [0.2, 0.25) is 11.8 Å². The van der Waals surface area contributed by atoms with Crippen LogP contribution in [0.1, 0.15) is 42.5 Å². The van der Waals surface area contributed by atoms with Crippen molar-refractivity contribution in [1.82, 2.24) is 15.6 Å². The molecule has 4 rings (SSSR count). The number of halogens is 1. The van der Waals surface area contributed by atoms with Gasteiger partial charge in [-0.15, -0.1) is 11.8 Å². The summed E-state index contributed by atoms with van der Waals surface area (Å²) in [6.07, 6.45) is 6.77. The number of rotatable bonds is 7. The van der Waals surface area contributed by atoms with Crippen molar-refractivity contribution in [3.05, 3.63) is 47.9 Å². The summed E-state index contributed by atoms with van der Waals surface area (Å²) in [6.45, 7) is 1.13. The van der Waals surface area contributed by atoms with E-state index in [1.807, 2.05) is 24.5 Å². The summed E-state index contributed by atoms with van der Waals surface area (Å²) in [4.78, 5) is 30.3. The molecule has 1 saturated heterocycles. The van der Waals surface area contributed by atoms with Crippen molar-refractivity contribution in [1.29, 1.82) is 0 Å². The number of hydrogen-bond acceptors (Lipinski definition) is 6. The van der Waals surface area contributed by atoms with Crippen LogP contribution in [0.25, 0.3) is 0 Å². The Morgan fingerprint density at radius 3 is 2.58 bits per heavy atom. The zero-order valence-corrected chi connectivity index (χ0v) is 19.3. The summed E-state index contributed by atoms with van der Waals surface area (Å²) < 4.78 is 25.0. The van der Waals surface area contributed by atoms with Gasteiger partial charge in [-0.1, -0.05) is 6.07 Å². The molecule has 0 spiro atoms. The fourth-order valence-electron chi connectivity index (χ4n) is 4.15. The van der Waals surface area contributed by atoms with Crippen molar-refractivity contribution in [2.24, 2.45) is 5.92 Å². The van der Waals surface area contributed by atoms with Gasteiger partial charge >= 0.3 is 0 Å². The number of pyridine rings is 1. The number of thioether (sulfide) groups is 1. The van der Waals surface area contributed by atoms with E-state index in [-0.39, 0.29) is 35.4 Å². The monoisotopic (exact) mass is 473 g/mol. The Labute approximate surface area is 196 Å². The zero-order valence-electron chi connectivity index (χ0n) is 18.5. The molecular weight excluding hydrogens is 445 g/mol. The highest BCUT2D eigenvalue weighted by molar-refractivity contribution is 7.98. The number of ether oxygens (including phenoxy) is 2. The van der Waals surface area contributed by atoms with Crippen molar-refractivity contribution in [2.45, 2.75) is 49.1 Å². The minimum absolute atomic E-state index is 0.0538. The van der Waals surface area contributed by atoms with E-state index in [4.69, 9.17) is 9.47 Å². The van der Waals surface area contributed by atoms with E-state index in [0.717, 1.165) is 49.3 Å². The van der Waals surface area contributed by atoms with Gasteiger partial charge in [0.15, 0.2) is 0 Å². The Kier molecular flexibility index (Phi) is 7.82. The van der Waals surface area contributed by atoms with Crippen LogP contribution in [-0.4, -0.2) is 48.4 Å². The molecule has 7 nitrogen and oxygen atoms in total. The number of nitrogens with one attached hydrogen (secondary N) is 2. The van der Waals surface area contributed by atoms with E-state index in [1.54, 1.807) is 17.8 Å². The van der Waals surface area contributed by atoms with Crippen molar-refractivity contribution in [3.63, 3.8) is 0 Å². The van der Waals surface area contributed by atoms with E-state index in [2.05, 4.69) is 15.6 Å². The van der Waals surface area contributed by atoms with Crippen LogP contribution in [0.15, 0.2) is 41.4 Å². The number of amides is 2. The summed E-state index contributed by atoms with van der Waals surface area (Å²) in [5.41, 5.74) is 0.0567. The summed E-state index contributed by atoms with van der Waals surface area (Å²) in [5, 5.41) is 6.08. The van der Waals surface area contributed by atoms with Gasteiger partial charge in [0, 0.05) is 23.6 Å². The fraction of sp³-hybridized carbons (Fsp3) is 0.458. The second-order valence-electron chi connectivity index (χ2n) is 8.38. The van der Waals surface area contributed by atoms with Gasteiger partial charge in [-0.05, 0) is 62.6 Å². The maximum Gasteiger partial charge on any atom is 0.257 e. The topological polar surface area (TPSA) is 89.5 Å². The van der Waals surface area contributed by atoms with E-state index in [1.165, 1.54) is 0 Å². The molecule has 2 heterocycles. The lowest BCUT2D eigenvalue weighted by atomic mass is 9.90. The lowest BCUT2D eigenvalue weighted by Gasteiger charge is -2.30. The standard InChI is InChI=1S/C24H28FN3O4S/c1-33-20-4-2-3-19(12-20)32-24-21(11-16(25)13-26-24)23(30)28-18-7-5-17(6-8-18)27-22(29)15-9-10-31-14-15/h2-4,11-13,15,17-18H,5-10,14H2,1H3,(H,27,29)(H,28,30)/t15?,17-,18+. The molecule has 0 bridgehead atoms. The second-order valence-corrected chi connectivity index (χ2v) is 9.26. The Bertz CT molecular complexity index is 991. The molecule has 1 saturated carbocycles. The third-order valence-corrected chi connectivity index (χ3v) is 6.75. The van der Waals surface area contributed by atoms with Crippen LogP contribution in [0.3, 0.4) is 0 Å². The van der Waals surface area contributed by atoms with Crippen molar-refractivity contribution >= 4 is 23.6 Å². The number of hydrogen-bond donors (Lipinski definition) is 2.